The van der Waals surface area contributed by atoms with E-state index in [0.717, 1.165) is 18.5 Å². The van der Waals surface area contributed by atoms with Crippen LogP contribution in [0.2, 0.25) is 0 Å². The first-order valence-electron chi connectivity index (χ1n) is 6.42. The highest BCUT2D eigenvalue weighted by molar-refractivity contribution is 5.43. The third-order valence-electron chi connectivity index (χ3n) is 3.83. The van der Waals surface area contributed by atoms with Crippen LogP contribution in [0.1, 0.15) is 51.7 Å². The van der Waals surface area contributed by atoms with Gasteiger partial charge in [-0.25, -0.2) is 0 Å². The Morgan fingerprint density at radius 2 is 2.00 bits per heavy atom. The summed E-state index contributed by atoms with van der Waals surface area (Å²) in [4.78, 5) is 0. The quantitative estimate of drug-likeness (QED) is 0.780. The summed E-state index contributed by atoms with van der Waals surface area (Å²) in [7, 11) is 0. The molecule has 1 fully saturated rings. The highest BCUT2D eigenvalue weighted by atomic mass is 16.3. The third kappa shape index (κ3) is 2.32. The summed E-state index contributed by atoms with van der Waals surface area (Å²) in [6.07, 6.45) is 2.27. The zero-order valence-electron chi connectivity index (χ0n) is 11.3. The molecule has 0 aromatic heterocycles. The van der Waals surface area contributed by atoms with Gasteiger partial charge in [-0.1, -0.05) is 26.8 Å². The Balaban J connectivity index is 2.46. The number of benzene rings is 1. The minimum atomic E-state index is -0.0641. The summed E-state index contributed by atoms with van der Waals surface area (Å²) < 4.78 is 0. The van der Waals surface area contributed by atoms with Crippen molar-refractivity contribution in [1.82, 2.24) is 5.32 Å². The molecular formula is C15H23NO. The summed E-state index contributed by atoms with van der Waals surface area (Å²) in [5.74, 6) is 0.412. The Kier molecular flexibility index (Phi) is 2.94. The van der Waals surface area contributed by atoms with Gasteiger partial charge in [0.1, 0.15) is 5.75 Å². The summed E-state index contributed by atoms with van der Waals surface area (Å²) in [6, 6.07) is 6.02. The molecular weight excluding hydrogens is 210 g/mol. The SMILES string of the molecule is CC(C)(C)c1ccc(O)c(C2(C)CCCN2)c1. The Hall–Kier alpha value is -1.02. The third-order valence-corrected chi connectivity index (χ3v) is 3.83. The van der Waals surface area contributed by atoms with Crippen molar-refractivity contribution in [1.29, 1.82) is 0 Å². The maximum atomic E-state index is 10.1. The van der Waals surface area contributed by atoms with Crippen molar-refractivity contribution in [3.05, 3.63) is 29.3 Å². The van der Waals surface area contributed by atoms with E-state index in [1.165, 1.54) is 12.0 Å². The molecule has 1 unspecified atom stereocenters. The average Bonchev–Trinajstić information content (AvgIpc) is 2.65. The van der Waals surface area contributed by atoms with Crippen molar-refractivity contribution >= 4 is 0 Å². The Bertz CT molecular complexity index is 411. The second kappa shape index (κ2) is 4.02. The van der Waals surface area contributed by atoms with E-state index in [2.05, 4.69) is 39.1 Å². The summed E-state index contributed by atoms with van der Waals surface area (Å²) in [5.41, 5.74) is 2.38. The van der Waals surface area contributed by atoms with Gasteiger partial charge in [-0.15, -0.1) is 0 Å². The van der Waals surface area contributed by atoms with Crippen LogP contribution in [0.4, 0.5) is 0 Å². The van der Waals surface area contributed by atoms with Gasteiger partial charge in [0.05, 0.1) is 0 Å². The molecule has 0 amide bonds. The normalized spacial score (nSPS) is 25.2. The molecule has 2 nitrogen and oxygen atoms in total. The van der Waals surface area contributed by atoms with Gasteiger partial charge in [0.25, 0.3) is 0 Å². The van der Waals surface area contributed by atoms with Crippen LogP contribution in [0.25, 0.3) is 0 Å². The highest BCUT2D eigenvalue weighted by Gasteiger charge is 2.33. The average molecular weight is 233 g/mol. The van der Waals surface area contributed by atoms with Crippen molar-refractivity contribution < 1.29 is 5.11 Å². The zero-order chi connectivity index (χ0) is 12.7. The van der Waals surface area contributed by atoms with Crippen LogP contribution < -0.4 is 5.32 Å². The van der Waals surface area contributed by atoms with Gasteiger partial charge >= 0.3 is 0 Å². The highest BCUT2D eigenvalue weighted by Crippen LogP contribution is 2.38. The zero-order valence-corrected chi connectivity index (χ0v) is 11.3. The predicted octanol–water partition coefficient (Wildman–Crippen LogP) is 3.29. The van der Waals surface area contributed by atoms with Crippen LogP contribution in [-0.2, 0) is 11.0 Å². The van der Waals surface area contributed by atoms with E-state index in [1.54, 1.807) is 0 Å². The van der Waals surface area contributed by atoms with Gasteiger partial charge in [0.15, 0.2) is 0 Å². The Morgan fingerprint density at radius 1 is 1.29 bits per heavy atom. The first-order chi connectivity index (χ1) is 7.83. The Morgan fingerprint density at radius 3 is 2.53 bits per heavy atom. The Labute approximate surface area is 104 Å². The van der Waals surface area contributed by atoms with E-state index >= 15 is 0 Å². The van der Waals surface area contributed by atoms with Gasteiger partial charge in [-0.05, 0) is 49.4 Å². The number of rotatable bonds is 1. The van der Waals surface area contributed by atoms with E-state index in [-0.39, 0.29) is 11.0 Å². The minimum absolute atomic E-state index is 0.0641. The molecule has 1 aliphatic heterocycles. The fraction of sp³-hybridized carbons (Fsp3) is 0.600. The number of phenols is 1. The molecule has 17 heavy (non-hydrogen) atoms. The van der Waals surface area contributed by atoms with Gasteiger partial charge < -0.3 is 10.4 Å². The molecule has 1 aromatic carbocycles. The van der Waals surface area contributed by atoms with Crippen LogP contribution in [0.5, 0.6) is 5.75 Å². The van der Waals surface area contributed by atoms with Crippen molar-refractivity contribution in [3.8, 4) is 5.75 Å². The first-order valence-corrected chi connectivity index (χ1v) is 6.42. The summed E-state index contributed by atoms with van der Waals surface area (Å²) in [5, 5.41) is 13.6. The van der Waals surface area contributed by atoms with E-state index in [9.17, 15) is 5.11 Å². The summed E-state index contributed by atoms with van der Waals surface area (Å²) >= 11 is 0. The van der Waals surface area contributed by atoms with E-state index in [0.29, 0.717) is 5.75 Å². The lowest BCUT2D eigenvalue weighted by Crippen LogP contribution is -2.33. The molecule has 1 atom stereocenters. The number of aromatic hydroxyl groups is 1. The maximum absolute atomic E-state index is 10.1. The van der Waals surface area contributed by atoms with Crippen LogP contribution in [0.15, 0.2) is 18.2 Å². The predicted molar refractivity (Wildman–Crippen MR) is 71.4 cm³/mol. The van der Waals surface area contributed by atoms with Crippen molar-refractivity contribution in [2.45, 2.75) is 51.5 Å². The smallest absolute Gasteiger partial charge is 0.120 e. The fourth-order valence-electron chi connectivity index (χ4n) is 2.57. The van der Waals surface area contributed by atoms with E-state index in [4.69, 9.17) is 0 Å². The molecule has 0 saturated carbocycles. The largest absolute Gasteiger partial charge is 0.508 e. The van der Waals surface area contributed by atoms with Crippen molar-refractivity contribution in [3.63, 3.8) is 0 Å². The maximum Gasteiger partial charge on any atom is 0.120 e. The lowest BCUT2D eigenvalue weighted by Gasteiger charge is -2.28. The van der Waals surface area contributed by atoms with Crippen molar-refractivity contribution in [2.75, 3.05) is 6.54 Å². The van der Waals surface area contributed by atoms with Gasteiger partial charge in [-0.2, -0.15) is 0 Å². The molecule has 2 heteroatoms. The van der Waals surface area contributed by atoms with Gasteiger partial charge in [0.2, 0.25) is 0 Å². The van der Waals surface area contributed by atoms with Crippen LogP contribution in [0.3, 0.4) is 0 Å². The van der Waals surface area contributed by atoms with E-state index < -0.39 is 0 Å². The molecule has 0 spiro atoms. The molecule has 2 rings (SSSR count). The molecule has 2 N–H and O–H groups in total. The molecule has 1 aliphatic rings. The minimum Gasteiger partial charge on any atom is -0.508 e. The van der Waals surface area contributed by atoms with Crippen molar-refractivity contribution in [2.24, 2.45) is 0 Å². The first kappa shape index (κ1) is 12.4. The monoisotopic (exact) mass is 233 g/mol. The van der Waals surface area contributed by atoms with Crippen LogP contribution in [-0.4, -0.2) is 11.7 Å². The number of nitrogens with one attached hydrogen (secondary N) is 1. The number of hydrogen-bond acceptors (Lipinski definition) is 2. The molecule has 0 radical (unpaired) electrons. The lowest BCUT2D eigenvalue weighted by molar-refractivity contribution is 0.393. The summed E-state index contributed by atoms with van der Waals surface area (Å²) in [6.45, 7) is 9.83. The molecule has 94 valence electrons. The second-order valence-corrected chi connectivity index (χ2v) is 6.34. The van der Waals surface area contributed by atoms with Crippen LogP contribution >= 0.6 is 0 Å². The van der Waals surface area contributed by atoms with Gasteiger partial charge in [-0.3, -0.25) is 0 Å². The second-order valence-electron chi connectivity index (χ2n) is 6.34. The topological polar surface area (TPSA) is 32.3 Å². The molecule has 1 aromatic rings. The molecule has 0 aliphatic carbocycles. The fourth-order valence-corrected chi connectivity index (χ4v) is 2.57. The number of phenolic OH excluding ortho intramolecular Hbond substituents is 1. The number of hydrogen-bond donors (Lipinski definition) is 2. The molecule has 0 bridgehead atoms. The molecule has 1 heterocycles. The molecule has 1 saturated heterocycles. The lowest BCUT2D eigenvalue weighted by atomic mass is 9.82. The van der Waals surface area contributed by atoms with Crippen LogP contribution in [0, 0.1) is 0 Å². The van der Waals surface area contributed by atoms with Gasteiger partial charge in [0, 0.05) is 11.1 Å². The van der Waals surface area contributed by atoms with E-state index in [1.807, 2.05) is 12.1 Å². The standard InChI is InChI=1S/C15H23NO/c1-14(2,3)11-6-7-13(17)12(10-11)15(4)8-5-9-16-15/h6-7,10,16-17H,5,8-9H2,1-4H3.